The van der Waals surface area contributed by atoms with Crippen LogP contribution in [0.15, 0.2) is 51.8 Å². The van der Waals surface area contributed by atoms with Gasteiger partial charge < -0.3 is 19.7 Å². The lowest BCUT2D eigenvalue weighted by molar-refractivity contribution is -0.122. The van der Waals surface area contributed by atoms with Crippen LogP contribution < -0.4 is 14.8 Å². The number of carbonyl (C=O) groups excluding carboxylic acids is 1. The van der Waals surface area contributed by atoms with Gasteiger partial charge in [0.1, 0.15) is 18.1 Å². The number of hydrogen-bond donors (Lipinski definition) is 1. The number of nitrogens with one attached hydrogen (secondary N) is 1. The van der Waals surface area contributed by atoms with E-state index in [-0.39, 0.29) is 29.2 Å². The molecule has 2 aromatic carbocycles. The molecule has 2 aliphatic heterocycles. The minimum Gasteiger partial charge on any atom is -0.486 e. The average molecular weight is 442 g/mol. The van der Waals surface area contributed by atoms with Gasteiger partial charge in [-0.15, -0.1) is 4.40 Å². The minimum absolute atomic E-state index is 0.00351. The van der Waals surface area contributed by atoms with Crippen molar-refractivity contribution in [3.05, 3.63) is 53.6 Å². The molecule has 0 spiro atoms. The molecule has 0 bridgehead atoms. The highest BCUT2D eigenvalue weighted by atomic mass is 32.2. The van der Waals surface area contributed by atoms with Crippen molar-refractivity contribution in [2.24, 2.45) is 10.3 Å². The summed E-state index contributed by atoms with van der Waals surface area (Å²) in [6.07, 6.45) is 2.10. The first kappa shape index (κ1) is 19.9. The van der Waals surface area contributed by atoms with Crippen LogP contribution in [0.3, 0.4) is 0 Å². The maximum Gasteiger partial charge on any atom is 0.285 e. The van der Waals surface area contributed by atoms with Gasteiger partial charge in [-0.2, -0.15) is 8.42 Å². The van der Waals surface area contributed by atoms with Gasteiger partial charge in [-0.05, 0) is 48.6 Å². The van der Waals surface area contributed by atoms with Crippen molar-refractivity contribution in [2.45, 2.75) is 23.8 Å². The van der Waals surface area contributed by atoms with E-state index in [4.69, 9.17) is 9.47 Å². The highest BCUT2D eigenvalue weighted by Gasteiger charge is 2.35. The molecule has 0 saturated heterocycles. The fourth-order valence-electron chi connectivity index (χ4n) is 4.03. The third-order valence-corrected chi connectivity index (χ3v) is 7.02. The Kier molecular flexibility index (Phi) is 4.85. The van der Waals surface area contributed by atoms with E-state index in [1.54, 1.807) is 30.1 Å². The second-order valence-corrected chi connectivity index (χ2v) is 9.60. The predicted molar refractivity (Wildman–Crippen MR) is 114 cm³/mol. The lowest BCUT2D eigenvalue weighted by atomic mass is 10.0. The molecule has 0 aromatic heterocycles. The summed E-state index contributed by atoms with van der Waals surface area (Å²) in [6, 6.07) is 12.3. The Morgan fingerprint density at radius 1 is 1.16 bits per heavy atom. The van der Waals surface area contributed by atoms with E-state index >= 15 is 0 Å². The maximum absolute atomic E-state index is 12.9. The molecule has 162 valence electrons. The Morgan fingerprint density at radius 2 is 1.90 bits per heavy atom. The Morgan fingerprint density at radius 3 is 2.68 bits per heavy atom. The Balaban J connectivity index is 1.31. The van der Waals surface area contributed by atoms with Crippen molar-refractivity contribution in [2.75, 3.05) is 26.8 Å². The fourth-order valence-corrected chi connectivity index (χ4v) is 5.28. The van der Waals surface area contributed by atoms with E-state index in [9.17, 15) is 13.2 Å². The number of amides is 1. The van der Waals surface area contributed by atoms with Crippen LogP contribution >= 0.6 is 0 Å². The third-order valence-electron chi connectivity index (χ3n) is 5.69. The second-order valence-electron chi connectivity index (χ2n) is 8.03. The van der Waals surface area contributed by atoms with Gasteiger partial charge in [0.15, 0.2) is 17.3 Å². The van der Waals surface area contributed by atoms with Crippen molar-refractivity contribution in [3.63, 3.8) is 0 Å². The number of amidine groups is 1. The number of carbonyl (C=O) groups is 1. The number of likely N-dealkylation sites (N-methyl/N-ethyl adjacent to an activating group) is 1. The number of benzene rings is 2. The number of hydrogen-bond acceptors (Lipinski definition) is 6. The fraction of sp³-hybridized carbons (Fsp3) is 0.364. The Hall–Kier alpha value is -3.07. The van der Waals surface area contributed by atoms with Crippen LogP contribution in [-0.4, -0.2) is 51.9 Å². The van der Waals surface area contributed by atoms with E-state index in [1.807, 2.05) is 18.2 Å². The SMILES string of the molecule is CN(CC(=O)NC(c1ccc2c(c1)OCCO2)C1CC1)C1=NS(=O)(=O)c2ccccc21. The summed E-state index contributed by atoms with van der Waals surface area (Å²) in [5.74, 6) is 1.88. The first-order chi connectivity index (χ1) is 14.9. The van der Waals surface area contributed by atoms with Crippen molar-refractivity contribution in [1.82, 2.24) is 10.2 Å². The van der Waals surface area contributed by atoms with Gasteiger partial charge in [0, 0.05) is 12.6 Å². The van der Waals surface area contributed by atoms with E-state index in [0.29, 0.717) is 30.4 Å². The summed E-state index contributed by atoms with van der Waals surface area (Å²) in [4.78, 5) is 14.6. The summed E-state index contributed by atoms with van der Waals surface area (Å²) in [5.41, 5.74) is 1.50. The average Bonchev–Trinajstić information content (AvgIpc) is 3.56. The smallest absolute Gasteiger partial charge is 0.285 e. The lowest BCUT2D eigenvalue weighted by Gasteiger charge is -2.24. The van der Waals surface area contributed by atoms with Crippen molar-refractivity contribution >= 4 is 21.8 Å². The molecule has 2 aromatic rings. The van der Waals surface area contributed by atoms with Gasteiger partial charge in [-0.1, -0.05) is 18.2 Å². The number of ether oxygens (including phenoxy) is 2. The van der Waals surface area contributed by atoms with Gasteiger partial charge in [0.25, 0.3) is 10.0 Å². The molecule has 1 atom stereocenters. The zero-order valence-electron chi connectivity index (χ0n) is 17.1. The van der Waals surface area contributed by atoms with Gasteiger partial charge in [0.2, 0.25) is 5.91 Å². The Bertz CT molecular complexity index is 1170. The van der Waals surface area contributed by atoms with E-state index in [0.717, 1.165) is 24.2 Å². The van der Waals surface area contributed by atoms with Gasteiger partial charge >= 0.3 is 0 Å². The largest absolute Gasteiger partial charge is 0.486 e. The molecule has 2 heterocycles. The van der Waals surface area contributed by atoms with Crippen molar-refractivity contribution in [1.29, 1.82) is 0 Å². The summed E-state index contributed by atoms with van der Waals surface area (Å²) in [6.45, 7) is 1.04. The Labute approximate surface area is 180 Å². The molecule has 1 amide bonds. The van der Waals surface area contributed by atoms with Crippen LogP contribution in [0.4, 0.5) is 0 Å². The molecule has 1 N–H and O–H groups in total. The zero-order valence-corrected chi connectivity index (χ0v) is 17.9. The predicted octanol–water partition coefficient (Wildman–Crippen LogP) is 2.11. The lowest BCUT2D eigenvalue weighted by Crippen LogP contribution is -2.40. The van der Waals surface area contributed by atoms with E-state index < -0.39 is 10.0 Å². The molecule has 8 nitrogen and oxygen atoms in total. The topological polar surface area (TPSA) is 97.3 Å². The normalized spacial score (nSPS) is 19.2. The van der Waals surface area contributed by atoms with Crippen LogP contribution in [0.25, 0.3) is 0 Å². The quantitative estimate of drug-likeness (QED) is 0.763. The number of sulfonamides is 1. The highest BCUT2D eigenvalue weighted by Crippen LogP contribution is 2.43. The summed E-state index contributed by atoms with van der Waals surface area (Å²) < 4.78 is 39.7. The van der Waals surface area contributed by atoms with Crippen LogP contribution in [0, 0.1) is 5.92 Å². The molecule has 3 aliphatic rings. The molecule has 5 rings (SSSR count). The molecular weight excluding hydrogens is 418 g/mol. The highest BCUT2D eigenvalue weighted by molar-refractivity contribution is 7.90. The third kappa shape index (κ3) is 3.85. The molecule has 9 heteroatoms. The van der Waals surface area contributed by atoms with Crippen molar-refractivity contribution < 1.29 is 22.7 Å². The molecule has 1 fully saturated rings. The number of fused-ring (bicyclic) bond motifs is 2. The van der Waals surface area contributed by atoms with E-state index in [1.165, 1.54) is 6.07 Å². The first-order valence-electron chi connectivity index (χ1n) is 10.3. The monoisotopic (exact) mass is 441 g/mol. The standard InChI is InChI=1S/C22H23N3O5S/c1-25(22-16-4-2-3-5-19(16)31(27,28)24-22)13-20(26)23-21(14-6-7-14)15-8-9-17-18(12-15)30-11-10-29-17/h2-5,8-9,12,14,21H,6-7,10-11,13H2,1H3,(H,23,26). The minimum atomic E-state index is -3.73. The number of nitrogens with zero attached hydrogens (tertiary/aromatic N) is 2. The molecule has 1 aliphatic carbocycles. The van der Waals surface area contributed by atoms with Gasteiger partial charge in [0.05, 0.1) is 12.6 Å². The van der Waals surface area contributed by atoms with Crippen LogP contribution in [0.5, 0.6) is 11.5 Å². The summed E-state index contributed by atoms with van der Waals surface area (Å²) in [5, 5.41) is 3.12. The molecule has 0 radical (unpaired) electrons. The van der Waals surface area contributed by atoms with Crippen LogP contribution in [0.1, 0.15) is 30.0 Å². The maximum atomic E-state index is 12.9. The van der Waals surface area contributed by atoms with Gasteiger partial charge in [-0.3, -0.25) is 4.79 Å². The molecule has 1 saturated carbocycles. The summed E-state index contributed by atoms with van der Waals surface area (Å²) >= 11 is 0. The van der Waals surface area contributed by atoms with Crippen LogP contribution in [-0.2, 0) is 14.8 Å². The number of rotatable bonds is 5. The first-order valence-corrected chi connectivity index (χ1v) is 11.7. The molecular formula is C22H23N3O5S. The zero-order chi connectivity index (χ0) is 21.6. The van der Waals surface area contributed by atoms with Gasteiger partial charge in [-0.25, -0.2) is 0 Å². The van der Waals surface area contributed by atoms with Crippen molar-refractivity contribution in [3.8, 4) is 11.5 Å². The second kappa shape index (κ2) is 7.56. The van der Waals surface area contributed by atoms with E-state index in [2.05, 4.69) is 9.71 Å². The molecule has 31 heavy (non-hydrogen) atoms. The van der Waals surface area contributed by atoms with Crippen LogP contribution in [0.2, 0.25) is 0 Å². The summed E-state index contributed by atoms with van der Waals surface area (Å²) in [7, 11) is -2.05. The molecule has 1 unspecified atom stereocenters.